The quantitative estimate of drug-likeness (QED) is 0.430. The van der Waals surface area contributed by atoms with Crippen LogP contribution < -0.4 is 5.32 Å². The molecule has 0 bridgehead atoms. The molecule has 11 heteroatoms. The molecule has 178 valence electrons. The molecule has 34 heavy (non-hydrogen) atoms. The van der Waals surface area contributed by atoms with Gasteiger partial charge in [0, 0.05) is 11.6 Å². The van der Waals surface area contributed by atoms with Crippen LogP contribution in [0.25, 0.3) is 27.7 Å². The molecule has 4 aromatic rings. The standard InChI is InChI=1S/C23H22F3N5O2S/c1-5-34(32,33)30-10-9-14-13(7-6-8-17(14)30)15-11-16(24)19-20(18(15)21(25)26)31-12(2)28-29-22(31)23(3,4)27-19/h6-11,21,27H,5H2,1-4H3. The van der Waals surface area contributed by atoms with Gasteiger partial charge in [0.05, 0.1) is 33.7 Å². The molecule has 1 N–H and O–H groups in total. The highest BCUT2D eigenvalue weighted by atomic mass is 32.2. The van der Waals surface area contributed by atoms with Gasteiger partial charge in [0.1, 0.15) is 11.6 Å². The van der Waals surface area contributed by atoms with Crippen molar-refractivity contribution in [2.24, 2.45) is 0 Å². The largest absolute Gasteiger partial charge is 0.369 e. The van der Waals surface area contributed by atoms with Gasteiger partial charge in [-0.15, -0.1) is 10.2 Å². The molecule has 1 aliphatic heterocycles. The van der Waals surface area contributed by atoms with Crippen molar-refractivity contribution in [2.75, 3.05) is 11.1 Å². The number of hydrogen-bond donors (Lipinski definition) is 1. The van der Waals surface area contributed by atoms with E-state index in [2.05, 4.69) is 15.5 Å². The Morgan fingerprint density at radius 1 is 1.15 bits per heavy atom. The molecule has 0 atom stereocenters. The summed E-state index contributed by atoms with van der Waals surface area (Å²) < 4.78 is 72.5. The summed E-state index contributed by atoms with van der Waals surface area (Å²) in [6.45, 7) is 6.68. The van der Waals surface area contributed by atoms with E-state index in [4.69, 9.17) is 0 Å². The highest BCUT2D eigenvalue weighted by molar-refractivity contribution is 7.90. The van der Waals surface area contributed by atoms with Crippen molar-refractivity contribution in [1.29, 1.82) is 0 Å². The molecule has 2 aromatic heterocycles. The number of alkyl halides is 2. The maximum Gasteiger partial charge on any atom is 0.266 e. The van der Waals surface area contributed by atoms with Crippen LogP contribution in [0.15, 0.2) is 36.5 Å². The fourth-order valence-corrected chi connectivity index (χ4v) is 5.59. The summed E-state index contributed by atoms with van der Waals surface area (Å²) in [7, 11) is -3.62. The Hall–Kier alpha value is -3.34. The normalized spacial score (nSPS) is 14.8. The van der Waals surface area contributed by atoms with Crippen LogP contribution in [0.4, 0.5) is 18.9 Å². The lowest BCUT2D eigenvalue weighted by atomic mass is 9.91. The topological polar surface area (TPSA) is 81.8 Å². The van der Waals surface area contributed by atoms with Gasteiger partial charge in [-0.05, 0) is 57.0 Å². The molecule has 0 radical (unpaired) electrons. The number of anilines is 1. The van der Waals surface area contributed by atoms with Crippen molar-refractivity contribution in [3.8, 4) is 16.8 Å². The second-order valence-corrected chi connectivity index (χ2v) is 10.9. The lowest BCUT2D eigenvalue weighted by Gasteiger charge is -2.35. The molecule has 0 aliphatic carbocycles. The monoisotopic (exact) mass is 489 g/mol. The van der Waals surface area contributed by atoms with Crippen LogP contribution in [-0.2, 0) is 15.6 Å². The van der Waals surface area contributed by atoms with Crippen LogP contribution >= 0.6 is 0 Å². The first-order valence-electron chi connectivity index (χ1n) is 10.7. The van der Waals surface area contributed by atoms with Gasteiger partial charge in [-0.2, -0.15) is 0 Å². The van der Waals surface area contributed by atoms with E-state index < -0.39 is 27.8 Å². The predicted molar refractivity (Wildman–Crippen MR) is 123 cm³/mol. The Bertz CT molecular complexity index is 1570. The number of rotatable bonds is 4. The van der Waals surface area contributed by atoms with Gasteiger partial charge in [-0.1, -0.05) is 12.1 Å². The van der Waals surface area contributed by atoms with Crippen LogP contribution in [0.3, 0.4) is 0 Å². The fraction of sp³-hybridized carbons (Fsp3) is 0.304. The molecule has 1 aliphatic rings. The summed E-state index contributed by atoms with van der Waals surface area (Å²) in [5, 5.41) is 11.6. The first-order valence-corrected chi connectivity index (χ1v) is 12.3. The first kappa shape index (κ1) is 22.5. The third-order valence-electron chi connectivity index (χ3n) is 6.21. The second kappa shape index (κ2) is 7.33. The molecule has 0 saturated heterocycles. The average molecular weight is 490 g/mol. The number of benzene rings is 2. The van der Waals surface area contributed by atoms with Gasteiger partial charge < -0.3 is 5.32 Å². The number of nitrogens with zero attached hydrogens (tertiary/aromatic N) is 4. The molecule has 3 heterocycles. The van der Waals surface area contributed by atoms with E-state index in [0.717, 1.165) is 10.0 Å². The summed E-state index contributed by atoms with van der Waals surface area (Å²) in [5.74, 6) is -0.107. The van der Waals surface area contributed by atoms with Crippen LogP contribution in [0.1, 0.15) is 44.4 Å². The van der Waals surface area contributed by atoms with Crippen molar-refractivity contribution in [3.63, 3.8) is 0 Å². The van der Waals surface area contributed by atoms with E-state index in [1.807, 2.05) is 0 Å². The van der Waals surface area contributed by atoms with E-state index in [1.54, 1.807) is 45.0 Å². The van der Waals surface area contributed by atoms with Crippen molar-refractivity contribution in [3.05, 3.63) is 59.6 Å². The summed E-state index contributed by atoms with van der Waals surface area (Å²) in [6, 6.07) is 7.37. The molecular formula is C23H22F3N5O2S. The number of halogens is 3. The molecule has 2 aromatic carbocycles. The lowest BCUT2D eigenvalue weighted by molar-refractivity contribution is 0.151. The lowest BCUT2D eigenvalue weighted by Crippen LogP contribution is -2.37. The number of aryl methyl sites for hydroxylation is 1. The maximum atomic E-state index is 15.5. The number of aromatic nitrogens is 4. The van der Waals surface area contributed by atoms with Gasteiger partial charge in [0.15, 0.2) is 5.82 Å². The summed E-state index contributed by atoms with van der Waals surface area (Å²) in [5.41, 5.74) is -0.722. The van der Waals surface area contributed by atoms with E-state index in [0.29, 0.717) is 28.1 Å². The zero-order chi connectivity index (χ0) is 24.6. The third-order valence-corrected chi connectivity index (χ3v) is 7.85. The van der Waals surface area contributed by atoms with Crippen molar-refractivity contribution in [1.82, 2.24) is 18.7 Å². The average Bonchev–Trinajstić information content (AvgIpc) is 3.39. The molecule has 0 unspecified atom stereocenters. The molecular weight excluding hydrogens is 467 g/mol. The van der Waals surface area contributed by atoms with Crippen LogP contribution in [0.2, 0.25) is 0 Å². The molecule has 0 amide bonds. The Morgan fingerprint density at radius 3 is 2.56 bits per heavy atom. The van der Waals surface area contributed by atoms with E-state index in [1.165, 1.54) is 17.7 Å². The zero-order valence-electron chi connectivity index (χ0n) is 18.9. The molecule has 0 fully saturated rings. The predicted octanol–water partition coefficient (Wildman–Crippen LogP) is 5.13. The Morgan fingerprint density at radius 2 is 1.88 bits per heavy atom. The molecule has 0 spiro atoms. The van der Waals surface area contributed by atoms with E-state index in [-0.39, 0.29) is 28.3 Å². The van der Waals surface area contributed by atoms with Gasteiger partial charge in [0.25, 0.3) is 6.43 Å². The highest BCUT2D eigenvalue weighted by Crippen LogP contribution is 2.47. The number of hydrogen-bond acceptors (Lipinski definition) is 5. The third kappa shape index (κ3) is 3.06. The van der Waals surface area contributed by atoms with Crippen molar-refractivity contribution < 1.29 is 21.6 Å². The minimum Gasteiger partial charge on any atom is -0.369 e. The first-order chi connectivity index (χ1) is 16.0. The fourth-order valence-electron chi connectivity index (χ4n) is 4.61. The zero-order valence-corrected chi connectivity index (χ0v) is 19.7. The number of fused-ring (bicyclic) bond motifs is 4. The van der Waals surface area contributed by atoms with Crippen LogP contribution in [-0.4, -0.2) is 32.9 Å². The van der Waals surface area contributed by atoms with E-state index in [9.17, 15) is 17.2 Å². The minimum absolute atomic E-state index is 0.0240. The summed E-state index contributed by atoms with van der Waals surface area (Å²) in [4.78, 5) is 0. The second-order valence-electron chi connectivity index (χ2n) is 8.75. The van der Waals surface area contributed by atoms with Crippen LogP contribution in [0, 0.1) is 12.7 Å². The molecule has 5 rings (SSSR count). The molecule has 7 nitrogen and oxygen atoms in total. The summed E-state index contributed by atoms with van der Waals surface area (Å²) in [6.07, 6.45) is -1.57. The van der Waals surface area contributed by atoms with Gasteiger partial charge in [0.2, 0.25) is 10.0 Å². The Labute approximate surface area is 194 Å². The number of nitrogens with one attached hydrogen (secondary N) is 1. The Kier molecular flexibility index (Phi) is 4.84. The Balaban J connectivity index is 1.88. The van der Waals surface area contributed by atoms with Crippen molar-refractivity contribution in [2.45, 2.75) is 39.7 Å². The minimum atomic E-state index is -3.62. The van der Waals surface area contributed by atoms with E-state index >= 15 is 4.39 Å². The van der Waals surface area contributed by atoms with Gasteiger partial charge in [-0.25, -0.2) is 25.6 Å². The van der Waals surface area contributed by atoms with Gasteiger partial charge in [-0.3, -0.25) is 4.57 Å². The molecule has 0 saturated carbocycles. The maximum absolute atomic E-state index is 15.5. The smallest absolute Gasteiger partial charge is 0.266 e. The SMILES string of the molecule is CCS(=O)(=O)n1ccc2c(-c3cc(F)c4c(c3C(F)F)-n3c(C)nnc3C(C)(C)N4)cccc21. The van der Waals surface area contributed by atoms with Crippen molar-refractivity contribution >= 4 is 26.6 Å². The van der Waals surface area contributed by atoms with Gasteiger partial charge >= 0.3 is 0 Å². The summed E-state index contributed by atoms with van der Waals surface area (Å²) >= 11 is 0. The highest BCUT2D eigenvalue weighted by Gasteiger charge is 2.39. The van der Waals surface area contributed by atoms with Crippen LogP contribution in [0.5, 0.6) is 0 Å².